The lowest BCUT2D eigenvalue weighted by molar-refractivity contribution is 0.133. The van der Waals surface area contributed by atoms with Crippen LogP contribution in [0.5, 0.6) is 0 Å². The predicted octanol–water partition coefficient (Wildman–Crippen LogP) is 3.20. The third-order valence-corrected chi connectivity index (χ3v) is 3.49. The molecule has 1 aromatic carbocycles. The Morgan fingerprint density at radius 3 is 2.73 bits per heavy atom. The summed E-state index contributed by atoms with van der Waals surface area (Å²) >= 11 is 0. The number of unbranched alkanes of at least 4 members (excludes halogenated alkanes) is 1. The number of ether oxygens (including phenoxy) is 1. The number of aliphatic imine (C=N–C) groups is 1. The molecule has 0 radical (unpaired) electrons. The molecule has 0 saturated carbocycles. The van der Waals surface area contributed by atoms with Crippen molar-refractivity contribution in [3.8, 4) is 0 Å². The highest BCUT2D eigenvalue weighted by Gasteiger charge is 2.07. The second kappa shape index (κ2) is 10.9. The van der Waals surface area contributed by atoms with Gasteiger partial charge in [0, 0.05) is 33.8 Å². The fourth-order valence-corrected chi connectivity index (χ4v) is 2.22. The molecule has 0 unspecified atom stereocenters. The van der Waals surface area contributed by atoms with E-state index in [1.165, 1.54) is 11.1 Å². The molecule has 0 fully saturated rings. The van der Waals surface area contributed by atoms with Crippen molar-refractivity contribution in [3.05, 3.63) is 48.0 Å². The van der Waals surface area contributed by atoms with Crippen LogP contribution in [0.2, 0.25) is 0 Å². The maximum Gasteiger partial charge on any atom is 0.193 e. The minimum Gasteiger partial charge on any atom is -0.377 e. The maximum atomic E-state index is 5.53. The number of rotatable bonds is 9. The van der Waals surface area contributed by atoms with Crippen LogP contribution in [-0.2, 0) is 17.9 Å². The van der Waals surface area contributed by atoms with Crippen LogP contribution >= 0.6 is 0 Å². The molecular weight excluding hydrogens is 274 g/mol. The molecule has 0 atom stereocenters. The average molecular weight is 303 g/mol. The molecule has 0 aliphatic carbocycles. The summed E-state index contributed by atoms with van der Waals surface area (Å²) in [7, 11) is 3.88. The minimum atomic E-state index is 0.655. The Balaban J connectivity index is 2.57. The second-order valence-electron chi connectivity index (χ2n) is 5.16. The topological polar surface area (TPSA) is 36.9 Å². The zero-order valence-electron chi connectivity index (χ0n) is 14.1. The van der Waals surface area contributed by atoms with Gasteiger partial charge >= 0.3 is 0 Å². The van der Waals surface area contributed by atoms with Gasteiger partial charge in [0.1, 0.15) is 0 Å². The summed E-state index contributed by atoms with van der Waals surface area (Å²) in [5, 5.41) is 3.42. The van der Waals surface area contributed by atoms with Crippen molar-refractivity contribution in [1.82, 2.24) is 10.2 Å². The first-order chi connectivity index (χ1) is 10.7. The van der Waals surface area contributed by atoms with E-state index in [0.29, 0.717) is 6.61 Å². The molecule has 0 spiro atoms. The van der Waals surface area contributed by atoms with E-state index < -0.39 is 0 Å². The summed E-state index contributed by atoms with van der Waals surface area (Å²) in [4.78, 5) is 6.50. The van der Waals surface area contributed by atoms with Crippen molar-refractivity contribution < 1.29 is 4.74 Å². The van der Waals surface area contributed by atoms with Gasteiger partial charge < -0.3 is 15.0 Å². The summed E-state index contributed by atoms with van der Waals surface area (Å²) in [6.45, 7) is 8.87. The summed E-state index contributed by atoms with van der Waals surface area (Å²) in [6, 6.07) is 8.35. The molecule has 0 aromatic heterocycles. The van der Waals surface area contributed by atoms with Gasteiger partial charge in [0.2, 0.25) is 0 Å². The summed E-state index contributed by atoms with van der Waals surface area (Å²) in [5.41, 5.74) is 2.47. The van der Waals surface area contributed by atoms with Crippen LogP contribution < -0.4 is 5.32 Å². The molecule has 22 heavy (non-hydrogen) atoms. The van der Waals surface area contributed by atoms with Crippen LogP contribution in [0.25, 0.3) is 0 Å². The van der Waals surface area contributed by atoms with Gasteiger partial charge in [-0.05, 0) is 30.9 Å². The zero-order chi connectivity index (χ0) is 16.2. The fraction of sp³-hybridized carbons (Fsp3) is 0.500. The first-order valence-electron chi connectivity index (χ1n) is 7.90. The van der Waals surface area contributed by atoms with Crippen molar-refractivity contribution in [3.63, 3.8) is 0 Å². The lowest BCUT2D eigenvalue weighted by Gasteiger charge is -2.22. The van der Waals surface area contributed by atoms with E-state index in [-0.39, 0.29) is 0 Å². The Hall–Kier alpha value is -1.81. The number of benzene rings is 1. The molecule has 1 N–H and O–H groups in total. The van der Waals surface area contributed by atoms with Gasteiger partial charge in [-0.1, -0.05) is 30.3 Å². The molecule has 0 bridgehead atoms. The van der Waals surface area contributed by atoms with Crippen LogP contribution in [0.1, 0.15) is 30.9 Å². The van der Waals surface area contributed by atoms with Gasteiger partial charge in [-0.25, -0.2) is 0 Å². The molecule has 4 heteroatoms. The van der Waals surface area contributed by atoms with Crippen LogP contribution in [0, 0.1) is 0 Å². The van der Waals surface area contributed by atoms with Gasteiger partial charge in [-0.15, -0.1) is 6.58 Å². The monoisotopic (exact) mass is 303 g/mol. The van der Waals surface area contributed by atoms with Crippen molar-refractivity contribution in [2.75, 3.05) is 27.2 Å². The van der Waals surface area contributed by atoms with E-state index in [1.54, 1.807) is 0 Å². The van der Waals surface area contributed by atoms with Crippen molar-refractivity contribution in [2.24, 2.45) is 4.99 Å². The van der Waals surface area contributed by atoms with E-state index in [0.717, 1.165) is 38.5 Å². The Morgan fingerprint density at radius 1 is 1.36 bits per heavy atom. The van der Waals surface area contributed by atoms with E-state index in [1.807, 2.05) is 26.1 Å². The number of nitrogens with zero attached hydrogens (tertiary/aromatic N) is 2. The largest absolute Gasteiger partial charge is 0.377 e. The van der Waals surface area contributed by atoms with Gasteiger partial charge in [0.15, 0.2) is 5.96 Å². The number of guanidine groups is 1. The van der Waals surface area contributed by atoms with Crippen molar-refractivity contribution in [2.45, 2.75) is 32.9 Å². The van der Waals surface area contributed by atoms with E-state index >= 15 is 0 Å². The molecule has 4 nitrogen and oxygen atoms in total. The summed E-state index contributed by atoms with van der Waals surface area (Å²) < 4.78 is 5.53. The van der Waals surface area contributed by atoms with Crippen LogP contribution in [0.3, 0.4) is 0 Å². The lowest BCUT2D eigenvalue weighted by atomic mass is 10.1. The van der Waals surface area contributed by atoms with Crippen LogP contribution in [0.15, 0.2) is 41.9 Å². The van der Waals surface area contributed by atoms with Crippen LogP contribution in [-0.4, -0.2) is 38.1 Å². The number of nitrogens with one attached hydrogen (secondary N) is 1. The quantitative estimate of drug-likeness (QED) is 0.329. The minimum absolute atomic E-state index is 0.655. The first-order valence-corrected chi connectivity index (χ1v) is 7.90. The SMILES string of the molecule is C=CCCCN(C)C(=NC)NCc1ccccc1COCC. The number of hydrogen-bond donors (Lipinski definition) is 1. The highest BCUT2D eigenvalue weighted by atomic mass is 16.5. The van der Waals surface area contributed by atoms with Crippen LogP contribution in [0.4, 0.5) is 0 Å². The molecule has 1 rings (SSSR count). The molecular formula is C18H29N3O. The average Bonchev–Trinajstić information content (AvgIpc) is 2.54. The van der Waals surface area contributed by atoms with E-state index in [2.05, 4.69) is 47.0 Å². The second-order valence-corrected chi connectivity index (χ2v) is 5.16. The molecule has 0 aliphatic rings. The lowest BCUT2D eigenvalue weighted by Crippen LogP contribution is -2.39. The Morgan fingerprint density at radius 2 is 2.09 bits per heavy atom. The van der Waals surface area contributed by atoms with Gasteiger partial charge in [-0.3, -0.25) is 4.99 Å². The molecule has 0 aliphatic heterocycles. The smallest absolute Gasteiger partial charge is 0.193 e. The number of hydrogen-bond acceptors (Lipinski definition) is 2. The third kappa shape index (κ3) is 6.31. The maximum absolute atomic E-state index is 5.53. The summed E-state index contributed by atoms with van der Waals surface area (Å²) in [6.07, 6.45) is 4.06. The highest BCUT2D eigenvalue weighted by molar-refractivity contribution is 5.79. The fourth-order valence-electron chi connectivity index (χ4n) is 2.22. The summed E-state index contributed by atoms with van der Waals surface area (Å²) in [5.74, 6) is 0.912. The Labute approximate surface area is 134 Å². The van der Waals surface area contributed by atoms with E-state index in [9.17, 15) is 0 Å². The van der Waals surface area contributed by atoms with Crippen molar-refractivity contribution >= 4 is 5.96 Å². The van der Waals surface area contributed by atoms with E-state index in [4.69, 9.17) is 4.74 Å². The van der Waals surface area contributed by atoms with Gasteiger partial charge in [0.25, 0.3) is 0 Å². The normalized spacial score (nSPS) is 11.3. The predicted molar refractivity (Wildman–Crippen MR) is 94.0 cm³/mol. The molecule has 0 amide bonds. The van der Waals surface area contributed by atoms with Crippen molar-refractivity contribution in [1.29, 1.82) is 0 Å². The Bertz CT molecular complexity index is 471. The first kappa shape index (κ1) is 18.2. The molecule has 122 valence electrons. The molecule has 0 saturated heterocycles. The highest BCUT2D eigenvalue weighted by Crippen LogP contribution is 2.10. The van der Waals surface area contributed by atoms with Gasteiger partial charge in [0.05, 0.1) is 6.61 Å². The zero-order valence-corrected chi connectivity index (χ0v) is 14.1. The number of allylic oxidation sites excluding steroid dienone is 1. The Kier molecular flexibility index (Phi) is 9.00. The van der Waals surface area contributed by atoms with Gasteiger partial charge in [-0.2, -0.15) is 0 Å². The molecule has 0 heterocycles. The molecule has 1 aromatic rings. The standard InChI is InChI=1S/C18H29N3O/c1-5-7-10-13-21(4)18(19-3)20-14-16-11-8-9-12-17(16)15-22-6-2/h5,8-9,11-12H,1,6-7,10,13-15H2,2-4H3,(H,19,20). The third-order valence-electron chi connectivity index (χ3n) is 3.49.